The Labute approximate surface area is 111 Å². The van der Waals surface area contributed by atoms with Crippen LogP contribution in [0.1, 0.15) is 13.8 Å². The van der Waals surface area contributed by atoms with Crippen molar-refractivity contribution in [2.45, 2.75) is 13.8 Å². The van der Waals surface area contributed by atoms with Crippen molar-refractivity contribution in [1.82, 2.24) is 5.32 Å². The van der Waals surface area contributed by atoms with Gasteiger partial charge in [0.05, 0.1) is 16.6 Å². The van der Waals surface area contributed by atoms with E-state index < -0.39 is 0 Å². The molecule has 3 nitrogen and oxygen atoms in total. The molecule has 0 aliphatic heterocycles. The maximum Gasteiger partial charge on any atom is 0.239 e. The van der Waals surface area contributed by atoms with E-state index >= 15 is 0 Å². The number of amides is 1. The van der Waals surface area contributed by atoms with Crippen LogP contribution in [0.25, 0.3) is 0 Å². The van der Waals surface area contributed by atoms with Crippen LogP contribution < -0.4 is 10.6 Å². The van der Waals surface area contributed by atoms with E-state index in [0.717, 1.165) is 5.69 Å². The minimum Gasteiger partial charge on any atom is -0.376 e. The lowest BCUT2D eigenvalue weighted by atomic mass is 10.2. The Morgan fingerprint density at radius 1 is 1.29 bits per heavy atom. The molecule has 0 aromatic heterocycles. The normalized spacial score (nSPS) is 10.4. The first kappa shape index (κ1) is 14.1. The molecular weight excluding hydrogens is 259 g/mol. The molecule has 2 N–H and O–H groups in total. The first-order valence-electron chi connectivity index (χ1n) is 5.44. The van der Waals surface area contributed by atoms with Crippen LogP contribution in [0.5, 0.6) is 0 Å². The fraction of sp³-hybridized carbons (Fsp3) is 0.417. The van der Waals surface area contributed by atoms with Crippen LogP contribution in [0.4, 0.5) is 5.69 Å². The summed E-state index contributed by atoms with van der Waals surface area (Å²) in [7, 11) is 0. The topological polar surface area (TPSA) is 41.1 Å². The number of benzene rings is 1. The summed E-state index contributed by atoms with van der Waals surface area (Å²) in [5.41, 5.74) is 0.777. The molecule has 0 saturated heterocycles. The first-order valence-corrected chi connectivity index (χ1v) is 6.20. The van der Waals surface area contributed by atoms with Gasteiger partial charge in [-0.05, 0) is 24.1 Å². The lowest BCUT2D eigenvalue weighted by Crippen LogP contribution is -2.32. The van der Waals surface area contributed by atoms with E-state index in [-0.39, 0.29) is 12.5 Å². The van der Waals surface area contributed by atoms with Crippen molar-refractivity contribution < 1.29 is 4.79 Å². The number of nitrogens with one attached hydrogen (secondary N) is 2. The average molecular weight is 275 g/mol. The van der Waals surface area contributed by atoms with Gasteiger partial charge in [-0.25, -0.2) is 0 Å². The molecule has 0 fully saturated rings. The van der Waals surface area contributed by atoms with Gasteiger partial charge >= 0.3 is 0 Å². The third-order valence-electron chi connectivity index (χ3n) is 2.08. The Morgan fingerprint density at radius 2 is 2.00 bits per heavy atom. The summed E-state index contributed by atoms with van der Waals surface area (Å²) in [6.45, 7) is 5.01. The molecule has 0 unspecified atom stereocenters. The summed E-state index contributed by atoms with van der Waals surface area (Å²) in [4.78, 5) is 11.4. The molecule has 1 aromatic carbocycles. The zero-order valence-corrected chi connectivity index (χ0v) is 11.4. The smallest absolute Gasteiger partial charge is 0.239 e. The lowest BCUT2D eigenvalue weighted by molar-refractivity contribution is -0.119. The molecule has 0 aliphatic carbocycles. The van der Waals surface area contributed by atoms with Crippen LogP contribution >= 0.6 is 23.2 Å². The van der Waals surface area contributed by atoms with Crippen molar-refractivity contribution in [3.8, 4) is 0 Å². The Morgan fingerprint density at radius 3 is 2.59 bits per heavy atom. The van der Waals surface area contributed by atoms with Crippen molar-refractivity contribution >= 4 is 34.8 Å². The second kappa shape index (κ2) is 6.72. The average Bonchev–Trinajstić information content (AvgIpc) is 2.28. The molecule has 17 heavy (non-hydrogen) atoms. The third kappa shape index (κ3) is 5.29. The Balaban J connectivity index is 2.39. The summed E-state index contributed by atoms with van der Waals surface area (Å²) in [6.07, 6.45) is 0. The van der Waals surface area contributed by atoms with E-state index in [1.165, 1.54) is 0 Å². The van der Waals surface area contributed by atoms with Crippen molar-refractivity contribution in [3.63, 3.8) is 0 Å². The molecule has 1 amide bonds. The molecule has 1 rings (SSSR count). The number of hydrogen-bond donors (Lipinski definition) is 2. The quantitative estimate of drug-likeness (QED) is 0.866. The van der Waals surface area contributed by atoms with Crippen LogP contribution in [0, 0.1) is 5.92 Å². The fourth-order valence-corrected chi connectivity index (χ4v) is 1.47. The molecule has 1 aromatic rings. The molecule has 0 bridgehead atoms. The second-order valence-electron chi connectivity index (χ2n) is 4.18. The van der Waals surface area contributed by atoms with E-state index in [1.807, 2.05) is 13.8 Å². The summed E-state index contributed by atoms with van der Waals surface area (Å²) in [5.74, 6) is 0.411. The zero-order chi connectivity index (χ0) is 12.8. The monoisotopic (exact) mass is 274 g/mol. The van der Waals surface area contributed by atoms with Crippen LogP contribution in [-0.4, -0.2) is 19.0 Å². The second-order valence-corrected chi connectivity index (χ2v) is 4.99. The lowest BCUT2D eigenvalue weighted by Gasteiger charge is -2.09. The molecule has 0 aliphatic rings. The van der Waals surface area contributed by atoms with Gasteiger partial charge in [-0.2, -0.15) is 0 Å². The minimum atomic E-state index is -0.0372. The SMILES string of the molecule is CC(C)CNC(=O)CNc1ccc(Cl)c(Cl)c1. The van der Waals surface area contributed by atoms with E-state index in [1.54, 1.807) is 18.2 Å². The molecule has 0 saturated carbocycles. The number of carbonyl (C=O) groups excluding carboxylic acids is 1. The van der Waals surface area contributed by atoms with Gasteiger partial charge in [0.1, 0.15) is 0 Å². The van der Waals surface area contributed by atoms with Crippen LogP contribution in [0.2, 0.25) is 10.0 Å². The molecule has 0 radical (unpaired) electrons. The minimum absolute atomic E-state index is 0.0372. The Kier molecular flexibility index (Phi) is 5.59. The van der Waals surface area contributed by atoms with Crippen molar-refractivity contribution in [1.29, 1.82) is 0 Å². The highest BCUT2D eigenvalue weighted by Crippen LogP contribution is 2.24. The summed E-state index contributed by atoms with van der Waals surface area (Å²) in [6, 6.07) is 5.17. The van der Waals surface area contributed by atoms with Crippen molar-refractivity contribution in [2.75, 3.05) is 18.4 Å². The predicted octanol–water partition coefficient (Wildman–Crippen LogP) is 3.18. The first-order chi connectivity index (χ1) is 7.99. The number of carbonyl (C=O) groups is 1. The van der Waals surface area contributed by atoms with Gasteiger partial charge in [-0.1, -0.05) is 37.0 Å². The van der Waals surface area contributed by atoms with Crippen molar-refractivity contribution in [2.24, 2.45) is 5.92 Å². The largest absolute Gasteiger partial charge is 0.376 e. The molecule has 5 heteroatoms. The van der Waals surface area contributed by atoms with E-state index in [0.29, 0.717) is 22.5 Å². The summed E-state index contributed by atoms with van der Waals surface area (Å²) >= 11 is 11.6. The molecular formula is C12H16Cl2N2O. The van der Waals surface area contributed by atoms with Gasteiger partial charge < -0.3 is 10.6 Å². The van der Waals surface area contributed by atoms with E-state index in [4.69, 9.17) is 23.2 Å². The van der Waals surface area contributed by atoms with E-state index in [2.05, 4.69) is 10.6 Å². The number of halogens is 2. The van der Waals surface area contributed by atoms with Crippen LogP contribution in [0.3, 0.4) is 0 Å². The fourth-order valence-electron chi connectivity index (χ4n) is 1.17. The molecule has 0 atom stereocenters. The van der Waals surface area contributed by atoms with Gasteiger partial charge in [0, 0.05) is 12.2 Å². The predicted molar refractivity (Wildman–Crippen MR) is 72.8 cm³/mol. The number of anilines is 1. The van der Waals surface area contributed by atoms with Gasteiger partial charge in [-0.3, -0.25) is 4.79 Å². The Hall–Kier alpha value is -0.930. The van der Waals surface area contributed by atoms with Gasteiger partial charge in [0.2, 0.25) is 5.91 Å². The maximum atomic E-state index is 11.4. The number of rotatable bonds is 5. The highest BCUT2D eigenvalue weighted by atomic mass is 35.5. The number of hydrogen-bond acceptors (Lipinski definition) is 2. The maximum absolute atomic E-state index is 11.4. The van der Waals surface area contributed by atoms with E-state index in [9.17, 15) is 4.79 Å². The standard InChI is InChI=1S/C12H16Cl2N2O/c1-8(2)6-16-12(17)7-15-9-3-4-10(13)11(14)5-9/h3-5,8,15H,6-7H2,1-2H3,(H,16,17). The van der Waals surface area contributed by atoms with Crippen LogP contribution in [-0.2, 0) is 4.79 Å². The zero-order valence-electron chi connectivity index (χ0n) is 9.89. The summed E-state index contributed by atoms with van der Waals surface area (Å²) < 4.78 is 0. The molecule has 0 spiro atoms. The highest BCUT2D eigenvalue weighted by Gasteiger charge is 2.03. The molecule has 0 heterocycles. The van der Waals surface area contributed by atoms with Gasteiger partial charge in [0.25, 0.3) is 0 Å². The third-order valence-corrected chi connectivity index (χ3v) is 2.82. The molecule has 94 valence electrons. The van der Waals surface area contributed by atoms with Crippen molar-refractivity contribution in [3.05, 3.63) is 28.2 Å². The summed E-state index contributed by atoms with van der Waals surface area (Å²) in [5, 5.41) is 6.77. The van der Waals surface area contributed by atoms with Gasteiger partial charge in [0.15, 0.2) is 0 Å². The highest BCUT2D eigenvalue weighted by molar-refractivity contribution is 6.42. The van der Waals surface area contributed by atoms with Gasteiger partial charge in [-0.15, -0.1) is 0 Å². The van der Waals surface area contributed by atoms with Crippen LogP contribution in [0.15, 0.2) is 18.2 Å². The Bertz CT molecular complexity index is 394.